The molecule has 0 saturated heterocycles. The van der Waals surface area contributed by atoms with Crippen molar-refractivity contribution in [1.29, 1.82) is 0 Å². The first kappa shape index (κ1) is 10.7. The minimum absolute atomic E-state index is 0.273. The molecule has 0 bridgehead atoms. The number of hydrogen-bond acceptors (Lipinski definition) is 2. The van der Waals surface area contributed by atoms with Gasteiger partial charge in [0.15, 0.2) is 0 Å². The largest absolute Gasteiger partial charge is 0.388 e. The maximum absolute atomic E-state index is 9.94. The van der Waals surface area contributed by atoms with E-state index in [0.717, 1.165) is 18.4 Å². The van der Waals surface area contributed by atoms with Crippen LogP contribution >= 0.6 is 11.3 Å². The van der Waals surface area contributed by atoms with Crippen LogP contribution in [-0.2, 0) is 0 Å². The SMILES string of the molecule is CCCC(C)C(O)c1csc(C)c1. The number of rotatable bonds is 4. The third kappa shape index (κ3) is 2.82. The van der Waals surface area contributed by atoms with E-state index in [2.05, 4.69) is 32.2 Å². The molecule has 0 aliphatic heterocycles. The van der Waals surface area contributed by atoms with Gasteiger partial charge in [-0.3, -0.25) is 0 Å². The standard InChI is InChI=1S/C11H18OS/c1-4-5-8(2)11(12)10-6-9(3)13-7-10/h6-8,11-12H,4-5H2,1-3H3. The Morgan fingerprint density at radius 3 is 2.69 bits per heavy atom. The smallest absolute Gasteiger partial charge is 0.0823 e. The molecule has 13 heavy (non-hydrogen) atoms. The number of aliphatic hydroxyl groups is 1. The van der Waals surface area contributed by atoms with Crippen LogP contribution in [0.4, 0.5) is 0 Å². The monoisotopic (exact) mass is 198 g/mol. The normalized spacial score (nSPS) is 15.7. The first-order chi connectivity index (χ1) is 6.15. The summed E-state index contributed by atoms with van der Waals surface area (Å²) in [6.07, 6.45) is 1.96. The lowest BCUT2D eigenvalue weighted by molar-refractivity contribution is 0.113. The predicted molar refractivity (Wildman–Crippen MR) is 58.1 cm³/mol. The molecule has 1 heterocycles. The Morgan fingerprint density at radius 2 is 2.23 bits per heavy atom. The van der Waals surface area contributed by atoms with Crippen LogP contribution < -0.4 is 0 Å². The third-order valence-corrected chi connectivity index (χ3v) is 3.26. The Hall–Kier alpha value is -0.340. The van der Waals surface area contributed by atoms with Crippen molar-refractivity contribution in [2.75, 3.05) is 0 Å². The predicted octanol–water partition coefficient (Wildman–Crippen LogP) is 3.53. The molecule has 0 amide bonds. The molecule has 2 unspecified atom stereocenters. The lowest BCUT2D eigenvalue weighted by Crippen LogP contribution is -2.07. The van der Waals surface area contributed by atoms with Gasteiger partial charge >= 0.3 is 0 Å². The first-order valence-electron chi connectivity index (χ1n) is 4.88. The fourth-order valence-corrected chi connectivity index (χ4v) is 2.29. The van der Waals surface area contributed by atoms with Gasteiger partial charge in [-0.15, -0.1) is 11.3 Å². The molecular formula is C11H18OS. The molecule has 0 fully saturated rings. The highest BCUT2D eigenvalue weighted by Gasteiger charge is 2.16. The minimum atomic E-state index is -0.273. The van der Waals surface area contributed by atoms with Crippen LogP contribution in [0, 0.1) is 12.8 Å². The number of aliphatic hydroxyl groups excluding tert-OH is 1. The summed E-state index contributed by atoms with van der Waals surface area (Å²) < 4.78 is 0. The molecule has 0 aromatic carbocycles. The average Bonchev–Trinajstić information content (AvgIpc) is 2.51. The van der Waals surface area contributed by atoms with Crippen LogP contribution in [0.3, 0.4) is 0 Å². The number of hydrogen-bond donors (Lipinski definition) is 1. The van der Waals surface area contributed by atoms with Crippen LogP contribution in [0.15, 0.2) is 11.4 Å². The molecule has 74 valence electrons. The quantitative estimate of drug-likeness (QED) is 0.784. The zero-order valence-corrected chi connectivity index (χ0v) is 9.40. The van der Waals surface area contributed by atoms with Gasteiger partial charge in [0.2, 0.25) is 0 Å². The number of thiophene rings is 1. The van der Waals surface area contributed by atoms with E-state index in [9.17, 15) is 5.11 Å². The van der Waals surface area contributed by atoms with Gasteiger partial charge in [-0.05, 0) is 36.3 Å². The van der Waals surface area contributed by atoms with E-state index in [1.54, 1.807) is 11.3 Å². The van der Waals surface area contributed by atoms with Crippen LogP contribution in [0.25, 0.3) is 0 Å². The second-order valence-corrected chi connectivity index (χ2v) is 4.82. The van der Waals surface area contributed by atoms with Crippen molar-refractivity contribution < 1.29 is 5.11 Å². The third-order valence-electron chi connectivity index (χ3n) is 2.38. The van der Waals surface area contributed by atoms with Gasteiger partial charge in [-0.1, -0.05) is 20.3 Å². The van der Waals surface area contributed by atoms with E-state index in [0.29, 0.717) is 5.92 Å². The molecule has 0 saturated carbocycles. The lowest BCUT2D eigenvalue weighted by atomic mass is 9.95. The van der Waals surface area contributed by atoms with Crippen molar-refractivity contribution in [1.82, 2.24) is 0 Å². The Morgan fingerprint density at radius 1 is 1.54 bits per heavy atom. The summed E-state index contributed by atoms with van der Waals surface area (Å²) in [6.45, 7) is 6.34. The second kappa shape index (κ2) is 4.77. The fourth-order valence-electron chi connectivity index (χ4n) is 1.56. The molecule has 1 aromatic heterocycles. The highest BCUT2D eigenvalue weighted by Crippen LogP contribution is 2.28. The van der Waals surface area contributed by atoms with Crippen molar-refractivity contribution >= 4 is 11.3 Å². The zero-order valence-electron chi connectivity index (χ0n) is 8.58. The molecule has 0 aliphatic rings. The maximum Gasteiger partial charge on any atom is 0.0823 e. The van der Waals surface area contributed by atoms with Crippen molar-refractivity contribution in [3.8, 4) is 0 Å². The summed E-state index contributed by atoms with van der Waals surface area (Å²) >= 11 is 1.71. The van der Waals surface area contributed by atoms with Gasteiger partial charge in [0.1, 0.15) is 0 Å². The molecule has 1 N–H and O–H groups in total. The van der Waals surface area contributed by atoms with Crippen molar-refractivity contribution in [3.63, 3.8) is 0 Å². The van der Waals surface area contributed by atoms with Gasteiger partial charge in [-0.2, -0.15) is 0 Å². The van der Waals surface area contributed by atoms with E-state index < -0.39 is 0 Å². The van der Waals surface area contributed by atoms with Crippen LogP contribution in [-0.4, -0.2) is 5.11 Å². The van der Waals surface area contributed by atoms with Crippen molar-refractivity contribution in [3.05, 3.63) is 21.9 Å². The van der Waals surface area contributed by atoms with Crippen molar-refractivity contribution in [2.45, 2.75) is 39.7 Å². The van der Waals surface area contributed by atoms with E-state index in [1.807, 2.05) is 0 Å². The molecule has 2 atom stereocenters. The van der Waals surface area contributed by atoms with E-state index >= 15 is 0 Å². The van der Waals surface area contributed by atoms with Crippen molar-refractivity contribution in [2.24, 2.45) is 5.92 Å². The van der Waals surface area contributed by atoms with Crippen LogP contribution in [0.1, 0.15) is 43.2 Å². The molecule has 0 spiro atoms. The summed E-state index contributed by atoms with van der Waals surface area (Å²) in [7, 11) is 0. The topological polar surface area (TPSA) is 20.2 Å². The average molecular weight is 198 g/mol. The van der Waals surface area contributed by atoms with E-state index in [1.165, 1.54) is 4.88 Å². The van der Waals surface area contributed by atoms with Crippen LogP contribution in [0.5, 0.6) is 0 Å². The Bertz CT molecular complexity index is 254. The fraction of sp³-hybridized carbons (Fsp3) is 0.636. The summed E-state index contributed by atoms with van der Waals surface area (Å²) in [4.78, 5) is 1.28. The van der Waals surface area contributed by atoms with Gasteiger partial charge in [0.05, 0.1) is 6.10 Å². The minimum Gasteiger partial charge on any atom is -0.388 e. The van der Waals surface area contributed by atoms with Gasteiger partial charge < -0.3 is 5.11 Å². The second-order valence-electron chi connectivity index (χ2n) is 3.70. The molecule has 1 nitrogen and oxygen atoms in total. The van der Waals surface area contributed by atoms with Gasteiger partial charge in [0, 0.05) is 4.88 Å². The Labute approximate surface area is 84.4 Å². The Balaban J connectivity index is 2.61. The highest BCUT2D eigenvalue weighted by atomic mass is 32.1. The molecular weight excluding hydrogens is 180 g/mol. The molecule has 1 rings (SSSR count). The molecule has 0 aliphatic carbocycles. The number of aryl methyl sites for hydroxylation is 1. The summed E-state index contributed by atoms with van der Waals surface area (Å²) in [6, 6.07) is 2.08. The lowest BCUT2D eigenvalue weighted by Gasteiger charge is -2.16. The molecule has 2 heteroatoms. The first-order valence-corrected chi connectivity index (χ1v) is 5.76. The maximum atomic E-state index is 9.94. The summed E-state index contributed by atoms with van der Waals surface area (Å²) in [5.41, 5.74) is 1.09. The van der Waals surface area contributed by atoms with Gasteiger partial charge in [-0.25, -0.2) is 0 Å². The zero-order chi connectivity index (χ0) is 9.84. The van der Waals surface area contributed by atoms with Crippen LogP contribution in [0.2, 0.25) is 0 Å². The molecule has 1 aromatic rings. The summed E-state index contributed by atoms with van der Waals surface area (Å²) in [5, 5.41) is 12.0. The molecule has 0 radical (unpaired) electrons. The van der Waals surface area contributed by atoms with Gasteiger partial charge in [0.25, 0.3) is 0 Å². The summed E-state index contributed by atoms with van der Waals surface area (Å²) in [5.74, 6) is 0.374. The van der Waals surface area contributed by atoms with E-state index in [-0.39, 0.29) is 6.10 Å². The van der Waals surface area contributed by atoms with E-state index in [4.69, 9.17) is 0 Å². The Kier molecular flexibility index (Phi) is 3.94. The highest BCUT2D eigenvalue weighted by molar-refractivity contribution is 7.10.